The molecule has 2 aliphatic rings. The first-order chi connectivity index (χ1) is 13.2. The fourth-order valence-electron chi connectivity index (χ4n) is 4.16. The van der Waals surface area contributed by atoms with Crippen LogP contribution < -0.4 is 34.7 Å². The number of hydrogen-bond acceptors (Lipinski definition) is 3. The zero-order chi connectivity index (χ0) is 18.6. The first kappa shape index (κ1) is 21.1. The molecule has 0 saturated carbocycles. The molecule has 0 spiro atoms. The monoisotopic (exact) mass is 381 g/mol. The molecular formula is C24H24NNaO2. The van der Waals surface area contributed by atoms with Gasteiger partial charge >= 0.3 is 29.6 Å². The van der Waals surface area contributed by atoms with Crippen molar-refractivity contribution in [1.29, 1.82) is 0 Å². The van der Waals surface area contributed by atoms with Gasteiger partial charge in [0, 0.05) is 25.0 Å². The van der Waals surface area contributed by atoms with Gasteiger partial charge in [-0.15, -0.1) is 0 Å². The smallest absolute Gasteiger partial charge is 0.550 e. The molecule has 1 unspecified atom stereocenters. The molecule has 2 aromatic carbocycles. The standard InChI is InChI=1S/C24H25NO2.Na/c26-24(27)20-9-5-15-25(17-20)16-6-12-23-21-10-3-1-7-18(21)13-14-19-8-2-4-11-22(19)23;/h1-4,7-8,10-14,20H,5-6,9,15-17H2,(H,26,27);/q;+1/p-1. The summed E-state index contributed by atoms with van der Waals surface area (Å²) < 4.78 is 0. The SMILES string of the molecule is O=C([O-])C1CCCN(CCC=C2c3ccccc3C=Cc3ccccc32)C1.[Na+]. The molecule has 0 aromatic heterocycles. The predicted molar refractivity (Wildman–Crippen MR) is 108 cm³/mol. The Labute approximate surface area is 189 Å². The quantitative estimate of drug-likeness (QED) is 0.617. The maximum absolute atomic E-state index is 11.2. The zero-order valence-corrected chi connectivity index (χ0v) is 18.4. The molecule has 4 heteroatoms. The third kappa shape index (κ3) is 4.66. The Bertz CT molecular complexity index is 851. The van der Waals surface area contributed by atoms with E-state index in [1.54, 1.807) is 0 Å². The van der Waals surface area contributed by atoms with Crippen LogP contribution >= 0.6 is 0 Å². The average molecular weight is 381 g/mol. The van der Waals surface area contributed by atoms with E-state index in [4.69, 9.17) is 0 Å². The first-order valence-corrected chi connectivity index (χ1v) is 9.72. The van der Waals surface area contributed by atoms with E-state index in [0.717, 1.165) is 32.4 Å². The third-order valence-corrected chi connectivity index (χ3v) is 5.58. The van der Waals surface area contributed by atoms with Crippen molar-refractivity contribution in [2.24, 2.45) is 5.92 Å². The van der Waals surface area contributed by atoms with Crippen molar-refractivity contribution in [3.8, 4) is 0 Å². The molecule has 4 rings (SSSR count). The van der Waals surface area contributed by atoms with Crippen LogP contribution in [0.2, 0.25) is 0 Å². The van der Waals surface area contributed by atoms with Gasteiger partial charge in [0.2, 0.25) is 0 Å². The van der Waals surface area contributed by atoms with Crippen molar-refractivity contribution >= 4 is 23.7 Å². The summed E-state index contributed by atoms with van der Waals surface area (Å²) in [6, 6.07) is 17.0. The van der Waals surface area contributed by atoms with Gasteiger partial charge in [0.1, 0.15) is 0 Å². The van der Waals surface area contributed by atoms with Crippen LogP contribution in [-0.4, -0.2) is 30.5 Å². The number of likely N-dealkylation sites (tertiary alicyclic amines) is 1. The van der Waals surface area contributed by atoms with Gasteiger partial charge in [-0.1, -0.05) is 66.8 Å². The molecule has 0 bridgehead atoms. The van der Waals surface area contributed by atoms with Gasteiger partial charge in [-0.25, -0.2) is 0 Å². The van der Waals surface area contributed by atoms with E-state index in [2.05, 4.69) is 71.7 Å². The fraction of sp³-hybridized carbons (Fsp3) is 0.292. The van der Waals surface area contributed by atoms with Crippen LogP contribution in [0, 0.1) is 5.92 Å². The van der Waals surface area contributed by atoms with Crippen LogP contribution in [0.5, 0.6) is 0 Å². The van der Waals surface area contributed by atoms with Crippen molar-refractivity contribution in [1.82, 2.24) is 4.90 Å². The predicted octanol–water partition coefficient (Wildman–Crippen LogP) is 0.458. The number of benzene rings is 2. The molecular weight excluding hydrogens is 357 g/mol. The number of nitrogens with zero attached hydrogens (tertiary/aromatic N) is 1. The van der Waals surface area contributed by atoms with Crippen molar-refractivity contribution < 1.29 is 39.5 Å². The minimum absolute atomic E-state index is 0. The molecule has 0 radical (unpaired) electrons. The van der Waals surface area contributed by atoms with E-state index in [1.807, 2.05) is 0 Å². The Morgan fingerprint density at radius 3 is 2.25 bits per heavy atom. The van der Waals surface area contributed by atoms with E-state index in [-0.39, 0.29) is 35.5 Å². The largest absolute Gasteiger partial charge is 1.00 e. The second-order valence-corrected chi connectivity index (χ2v) is 7.37. The van der Waals surface area contributed by atoms with Gasteiger partial charge in [0.15, 0.2) is 0 Å². The first-order valence-electron chi connectivity index (χ1n) is 9.72. The molecule has 1 aliphatic heterocycles. The Balaban J connectivity index is 0.00000225. The van der Waals surface area contributed by atoms with E-state index in [9.17, 15) is 9.90 Å². The second-order valence-electron chi connectivity index (χ2n) is 7.37. The summed E-state index contributed by atoms with van der Waals surface area (Å²) in [7, 11) is 0. The summed E-state index contributed by atoms with van der Waals surface area (Å²) in [6.45, 7) is 2.47. The molecule has 2 aromatic rings. The van der Waals surface area contributed by atoms with Crippen LogP contribution in [0.4, 0.5) is 0 Å². The summed E-state index contributed by atoms with van der Waals surface area (Å²) in [5, 5.41) is 11.2. The number of carbonyl (C=O) groups excluding carboxylic acids is 1. The van der Waals surface area contributed by atoms with Crippen molar-refractivity contribution in [2.45, 2.75) is 19.3 Å². The number of piperidine rings is 1. The number of carboxylic acids is 1. The van der Waals surface area contributed by atoms with Gasteiger partial charge in [-0.05, 0) is 53.6 Å². The van der Waals surface area contributed by atoms with Crippen LogP contribution in [0.1, 0.15) is 41.5 Å². The molecule has 1 heterocycles. The van der Waals surface area contributed by atoms with E-state index >= 15 is 0 Å². The molecule has 1 saturated heterocycles. The van der Waals surface area contributed by atoms with Crippen molar-refractivity contribution in [3.63, 3.8) is 0 Å². The zero-order valence-electron chi connectivity index (χ0n) is 16.4. The maximum Gasteiger partial charge on any atom is 1.00 e. The van der Waals surface area contributed by atoms with Gasteiger partial charge in [0.05, 0.1) is 0 Å². The minimum Gasteiger partial charge on any atom is -0.550 e. The summed E-state index contributed by atoms with van der Waals surface area (Å²) >= 11 is 0. The Hall–Kier alpha value is -1.65. The summed E-state index contributed by atoms with van der Waals surface area (Å²) in [6.07, 6.45) is 9.26. The Morgan fingerprint density at radius 2 is 1.64 bits per heavy atom. The van der Waals surface area contributed by atoms with Crippen LogP contribution in [0.15, 0.2) is 54.6 Å². The third-order valence-electron chi connectivity index (χ3n) is 5.58. The van der Waals surface area contributed by atoms with Gasteiger partial charge in [-0.3, -0.25) is 0 Å². The van der Waals surface area contributed by atoms with Gasteiger partial charge in [-0.2, -0.15) is 0 Å². The number of hydrogen-bond donors (Lipinski definition) is 0. The number of carbonyl (C=O) groups is 1. The minimum atomic E-state index is -0.907. The number of fused-ring (bicyclic) bond motifs is 2. The number of aliphatic carboxylic acids is 1. The van der Waals surface area contributed by atoms with Crippen LogP contribution in [-0.2, 0) is 4.79 Å². The van der Waals surface area contributed by atoms with Crippen molar-refractivity contribution in [3.05, 3.63) is 76.9 Å². The Morgan fingerprint density at radius 1 is 1.04 bits per heavy atom. The molecule has 1 fully saturated rings. The topological polar surface area (TPSA) is 43.4 Å². The second kappa shape index (κ2) is 9.71. The normalized spacial score (nSPS) is 18.4. The molecule has 138 valence electrons. The van der Waals surface area contributed by atoms with Crippen LogP contribution in [0.25, 0.3) is 17.7 Å². The molecule has 1 aliphatic carbocycles. The summed E-state index contributed by atoms with van der Waals surface area (Å²) in [4.78, 5) is 13.4. The molecule has 0 amide bonds. The van der Waals surface area contributed by atoms with Crippen molar-refractivity contribution in [2.75, 3.05) is 19.6 Å². The van der Waals surface area contributed by atoms with E-state index in [1.165, 1.54) is 27.8 Å². The average Bonchev–Trinajstić information content (AvgIpc) is 2.86. The molecule has 28 heavy (non-hydrogen) atoms. The summed E-state index contributed by atoms with van der Waals surface area (Å²) in [5.74, 6) is -1.23. The van der Waals surface area contributed by atoms with Crippen LogP contribution in [0.3, 0.4) is 0 Å². The van der Waals surface area contributed by atoms with Gasteiger partial charge in [0.25, 0.3) is 0 Å². The maximum atomic E-state index is 11.2. The molecule has 3 nitrogen and oxygen atoms in total. The fourth-order valence-corrected chi connectivity index (χ4v) is 4.16. The molecule has 1 atom stereocenters. The van der Waals surface area contributed by atoms with E-state index < -0.39 is 5.97 Å². The summed E-state index contributed by atoms with van der Waals surface area (Å²) in [5.41, 5.74) is 6.24. The number of rotatable bonds is 4. The number of carboxylic acid groups (broad SMARTS) is 1. The molecule has 0 N–H and O–H groups in total. The van der Waals surface area contributed by atoms with E-state index in [0.29, 0.717) is 6.54 Å². The Kier molecular flexibility index (Phi) is 7.30. The van der Waals surface area contributed by atoms with Gasteiger partial charge < -0.3 is 14.8 Å².